The first-order valence-corrected chi connectivity index (χ1v) is 7.89. The van der Waals surface area contributed by atoms with E-state index in [-0.39, 0.29) is 5.91 Å². The van der Waals surface area contributed by atoms with E-state index < -0.39 is 6.10 Å². The van der Waals surface area contributed by atoms with Crippen LogP contribution in [0.4, 0.5) is 0 Å². The number of allylic oxidation sites excluding steroid dienone is 3. The molecule has 0 aromatic carbocycles. The monoisotopic (exact) mass is 292 g/mol. The Labute approximate surface area is 126 Å². The number of rotatable bonds is 3. The highest BCUT2D eigenvalue weighted by atomic mass is 16.5. The topological polar surface area (TPSA) is 50.8 Å². The summed E-state index contributed by atoms with van der Waals surface area (Å²) < 4.78 is 11.6. The SMILES string of the molecule is CN(C[C@H]1CCNC1)C(=O)C1CCOC2=C(C=CCC2)O1. The van der Waals surface area contributed by atoms with Crippen molar-refractivity contribution in [3.63, 3.8) is 0 Å². The number of likely N-dealkylation sites (N-methyl/N-ethyl adjacent to an activating group) is 1. The Morgan fingerprint density at radius 2 is 2.38 bits per heavy atom. The van der Waals surface area contributed by atoms with E-state index in [1.54, 1.807) is 0 Å². The van der Waals surface area contributed by atoms with Gasteiger partial charge in [0.2, 0.25) is 0 Å². The minimum atomic E-state index is -0.417. The molecule has 0 bridgehead atoms. The zero-order chi connectivity index (χ0) is 14.7. The molecule has 0 spiro atoms. The Morgan fingerprint density at radius 1 is 1.48 bits per heavy atom. The van der Waals surface area contributed by atoms with Gasteiger partial charge in [0, 0.05) is 26.4 Å². The molecule has 1 aliphatic carbocycles. The Bertz CT molecular complexity index is 452. The molecule has 1 unspecified atom stereocenters. The summed E-state index contributed by atoms with van der Waals surface area (Å²) in [5.41, 5.74) is 0. The van der Waals surface area contributed by atoms with Crippen LogP contribution >= 0.6 is 0 Å². The van der Waals surface area contributed by atoms with E-state index in [4.69, 9.17) is 9.47 Å². The normalized spacial score (nSPS) is 28.4. The first kappa shape index (κ1) is 14.4. The molecular weight excluding hydrogens is 268 g/mol. The van der Waals surface area contributed by atoms with Crippen molar-refractivity contribution in [1.29, 1.82) is 0 Å². The Morgan fingerprint density at radius 3 is 3.19 bits per heavy atom. The minimum absolute atomic E-state index is 0.0678. The number of nitrogens with zero attached hydrogens (tertiary/aromatic N) is 1. The molecular formula is C16H24N2O3. The van der Waals surface area contributed by atoms with Gasteiger partial charge in [0.15, 0.2) is 11.9 Å². The lowest BCUT2D eigenvalue weighted by atomic mass is 10.1. The lowest BCUT2D eigenvalue weighted by Crippen LogP contribution is -2.40. The number of carbonyl (C=O) groups excluding carboxylic acids is 1. The largest absolute Gasteiger partial charge is 0.494 e. The van der Waals surface area contributed by atoms with Gasteiger partial charge in [-0.05, 0) is 37.9 Å². The lowest BCUT2D eigenvalue weighted by molar-refractivity contribution is -0.140. The Kier molecular flexibility index (Phi) is 4.48. The van der Waals surface area contributed by atoms with Crippen molar-refractivity contribution in [2.45, 2.75) is 31.8 Å². The quantitative estimate of drug-likeness (QED) is 0.855. The fraction of sp³-hybridized carbons (Fsp3) is 0.688. The van der Waals surface area contributed by atoms with Gasteiger partial charge in [0.05, 0.1) is 6.61 Å². The second kappa shape index (κ2) is 6.52. The van der Waals surface area contributed by atoms with Gasteiger partial charge < -0.3 is 19.7 Å². The van der Waals surface area contributed by atoms with Gasteiger partial charge >= 0.3 is 0 Å². The highest BCUT2D eigenvalue weighted by Gasteiger charge is 2.30. The molecule has 5 heteroatoms. The molecule has 116 valence electrons. The molecule has 1 N–H and O–H groups in total. The highest BCUT2D eigenvalue weighted by molar-refractivity contribution is 5.81. The van der Waals surface area contributed by atoms with E-state index in [1.807, 2.05) is 18.0 Å². The average molecular weight is 292 g/mol. The maximum Gasteiger partial charge on any atom is 0.263 e. The fourth-order valence-electron chi connectivity index (χ4n) is 3.14. The predicted octanol–water partition coefficient (Wildman–Crippen LogP) is 1.42. The number of hydrogen-bond acceptors (Lipinski definition) is 4. The first-order valence-electron chi connectivity index (χ1n) is 7.89. The second-order valence-electron chi connectivity index (χ2n) is 6.05. The molecule has 5 nitrogen and oxygen atoms in total. The van der Waals surface area contributed by atoms with E-state index in [0.717, 1.165) is 50.4 Å². The average Bonchev–Trinajstić information content (AvgIpc) is 2.90. The summed E-state index contributed by atoms with van der Waals surface area (Å²) in [6.07, 6.45) is 7.21. The number of ether oxygens (including phenoxy) is 2. The third-order valence-electron chi connectivity index (χ3n) is 4.35. The van der Waals surface area contributed by atoms with E-state index in [2.05, 4.69) is 11.4 Å². The standard InChI is InChI=1S/C16H24N2O3/c1-18(11-12-6-8-17-10-12)16(19)15-7-9-20-13-4-2-3-5-14(13)21-15/h3,5,12,15,17H,2,4,6-11H2,1H3/t12-,15?/m0/s1. The molecule has 2 heterocycles. The number of carbonyl (C=O) groups is 1. The van der Waals surface area contributed by atoms with Crippen molar-refractivity contribution in [3.8, 4) is 0 Å². The summed E-state index contributed by atoms with van der Waals surface area (Å²) in [6.45, 7) is 3.42. The van der Waals surface area contributed by atoms with Crippen LogP contribution in [0.2, 0.25) is 0 Å². The van der Waals surface area contributed by atoms with Crippen LogP contribution in [0.1, 0.15) is 25.7 Å². The van der Waals surface area contributed by atoms with E-state index in [9.17, 15) is 4.79 Å². The maximum atomic E-state index is 12.6. The van der Waals surface area contributed by atoms with Crippen LogP contribution in [-0.4, -0.2) is 50.2 Å². The van der Waals surface area contributed by atoms with Crippen molar-refractivity contribution >= 4 is 5.91 Å². The van der Waals surface area contributed by atoms with Crippen LogP contribution in [-0.2, 0) is 14.3 Å². The van der Waals surface area contributed by atoms with Gasteiger partial charge in [-0.25, -0.2) is 0 Å². The van der Waals surface area contributed by atoms with Crippen LogP contribution in [0.5, 0.6) is 0 Å². The summed E-state index contributed by atoms with van der Waals surface area (Å²) in [7, 11) is 1.88. The molecule has 1 amide bonds. The molecule has 0 aromatic rings. The molecule has 0 radical (unpaired) electrons. The molecule has 21 heavy (non-hydrogen) atoms. The zero-order valence-electron chi connectivity index (χ0n) is 12.6. The van der Waals surface area contributed by atoms with E-state index in [0.29, 0.717) is 18.9 Å². The first-order chi connectivity index (χ1) is 10.2. The van der Waals surface area contributed by atoms with Gasteiger partial charge in [0.25, 0.3) is 5.91 Å². The fourth-order valence-corrected chi connectivity index (χ4v) is 3.14. The third-order valence-corrected chi connectivity index (χ3v) is 4.35. The second-order valence-corrected chi connectivity index (χ2v) is 6.05. The lowest BCUT2D eigenvalue weighted by Gasteiger charge is -2.25. The highest BCUT2D eigenvalue weighted by Crippen LogP contribution is 2.26. The van der Waals surface area contributed by atoms with Crippen LogP contribution in [0.25, 0.3) is 0 Å². The van der Waals surface area contributed by atoms with Gasteiger partial charge in [-0.3, -0.25) is 4.79 Å². The van der Waals surface area contributed by atoms with E-state index in [1.165, 1.54) is 0 Å². The molecule has 0 saturated carbocycles. The summed E-state index contributed by atoms with van der Waals surface area (Å²) in [5.74, 6) is 2.27. The zero-order valence-corrected chi connectivity index (χ0v) is 12.6. The Balaban J connectivity index is 1.61. The smallest absolute Gasteiger partial charge is 0.263 e. The van der Waals surface area contributed by atoms with Crippen molar-refractivity contribution in [2.75, 3.05) is 33.3 Å². The van der Waals surface area contributed by atoms with Gasteiger partial charge in [-0.2, -0.15) is 0 Å². The van der Waals surface area contributed by atoms with E-state index >= 15 is 0 Å². The van der Waals surface area contributed by atoms with Gasteiger partial charge in [-0.1, -0.05) is 6.08 Å². The molecule has 3 rings (SSSR count). The van der Waals surface area contributed by atoms with Crippen molar-refractivity contribution < 1.29 is 14.3 Å². The number of nitrogens with one attached hydrogen (secondary N) is 1. The third kappa shape index (κ3) is 3.40. The molecule has 1 fully saturated rings. The van der Waals surface area contributed by atoms with Crippen molar-refractivity contribution in [1.82, 2.24) is 10.2 Å². The van der Waals surface area contributed by atoms with Crippen molar-refractivity contribution in [3.05, 3.63) is 23.7 Å². The van der Waals surface area contributed by atoms with Crippen LogP contribution in [0.15, 0.2) is 23.7 Å². The predicted molar refractivity (Wildman–Crippen MR) is 79.5 cm³/mol. The minimum Gasteiger partial charge on any atom is -0.494 e. The molecule has 2 atom stereocenters. The summed E-state index contributed by atoms with van der Waals surface area (Å²) >= 11 is 0. The van der Waals surface area contributed by atoms with Crippen LogP contribution < -0.4 is 5.32 Å². The summed E-state index contributed by atoms with van der Waals surface area (Å²) in [5, 5.41) is 3.34. The number of amides is 1. The van der Waals surface area contributed by atoms with Crippen LogP contribution in [0, 0.1) is 5.92 Å². The molecule has 0 aromatic heterocycles. The molecule has 3 aliphatic rings. The summed E-state index contributed by atoms with van der Waals surface area (Å²) in [4.78, 5) is 14.4. The van der Waals surface area contributed by atoms with Crippen molar-refractivity contribution in [2.24, 2.45) is 5.92 Å². The maximum absolute atomic E-state index is 12.6. The van der Waals surface area contributed by atoms with Crippen LogP contribution in [0.3, 0.4) is 0 Å². The van der Waals surface area contributed by atoms with Gasteiger partial charge in [0.1, 0.15) is 5.76 Å². The molecule has 2 aliphatic heterocycles. The molecule has 1 saturated heterocycles. The van der Waals surface area contributed by atoms with Gasteiger partial charge in [-0.15, -0.1) is 0 Å². The Hall–Kier alpha value is -1.49. The number of hydrogen-bond donors (Lipinski definition) is 1. The summed E-state index contributed by atoms with van der Waals surface area (Å²) in [6, 6.07) is 0.